The first-order chi connectivity index (χ1) is 8.17. The second kappa shape index (κ2) is 5.94. The summed E-state index contributed by atoms with van der Waals surface area (Å²) in [6.45, 7) is 9.50. The summed E-state index contributed by atoms with van der Waals surface area (Å²) in [5.74, 6) is 0. The Bertz CT molecular complexity index is 343. The zero-order valence-electron chi connectivity index (χ0n) is 11.0. The molecule has 2 atom stereocenters. The molecule has 2 heterocycles. The van der Waals surface area contributed by atoms with Crippen molar-refractivity contribution >= 4 is 11.3 Å². The summed E-state index contributed by atoms with van der Waals surface area (Å²) < 4.78 is 5.74. The van der Waals surface area contributed by atoms with Crippen LogP contribution in [0, 0.1) is 0 Å². The fraction of sp³-hybridized carbons (Fsp3) is 0.769. The van der Waals surface area contributed by atoms with Gasteiger partial charge in [-0.3, -0.25) is 4.90 Å². The number of thiazole rings is 1. The lowest BCUT2D eigenvalue weighted by Crippen LogP contribution is -2.44. The summed E-state index contributed by atoms with van der Waals surface area (Å²) in [6.07, 6.45) is 2.97. The van der Waals surface area contributed by atoms with Crippen LogP contribution in [0.2, 0.25) is 0 Å². The normalized spacial score (nSPS) is 26.3. The third kappa shape index (κ3) is 3.76. The average Bonchev–Trinajstić information content (AvgIpc) is 2.64. The highest BCUT2D eigenvalue weighted by Crippen LogP contribution is 2.17. The lowest BCUT2D eigenvalue weighted by atomic mass is 10.2. The van der Waals surface area contributed by atoms with Gasteiger partial charge in [0.1, 0.15) is 0 Å². The fourth-order valence-corrected chi connectivity index (χ4v) is 3.28. The molecule has 17 heavy (non-hydrogen) atoms. The van der Waals surface area contributed by atoms with Crippen LogP contribution < -0.4 is 0 Å². The van der Waals surface area contributed by atoms with Gasteiger partial charge >= 0.3 is 0 Å². The van der Waals surface area contributed by atoms with Crippen molar-refractivity contribution in [3.05, 3.63) is 16.1 Å². The Morgan fingerprint density at radius 1 is 1.41 bits per heavy atom. The highest BCUT2D eigenvalue weighted by Gasteiger charge is 2.22. The Kier molecular flexibility index (Phi) is 4.54. The molecule has 0 amide bonds. The third-order valence-electron chi connectivity index (χ3n) is 2.94. The summed E-state index contributed by atoms with van der Waals surface area (Å²) in [6, 6.07) is 0. The molecule has 96 valence electrons. The van der Waals surface area contributed by atoms with E-state index in [4.69, 9.17) is 4.74 Å². The van der Waals surface area contributed by atoms with E-state index in [1.807, 2.05) is 0 Å². The van der Waals surface area contributed by atoms with Crippen molar-refractivity contribution in [3.63, 3.8) is 0 Å². The molecule has 0 aromatic carbocycles. The van der Waals surface area contributed by atoms with Gasteiger partial charge in [-0.15, -0.1) is 11.3 Å². The smallest absolute Gasteiger partial charge is 0.0928 e. The first-order valence-corrected chi connectivity index (χ1v) is 7.36. The highest BCUT2D eigenvalue weighted by molar-refractivity contribution is 7.09. The number of hydrogen-bond acceptors (Lipinski definition) is 4. The predicted octanol–water partition coefficient (Wildman–Crippen LogP) is 2.70. The van der Waals surface area contributed by atoms with Gasteiger partial charge in [-0.05, 0) is 26.7 Å². The number of ether oxygens (including phenoxy) is 1. The van der Waals surface area contributed by atoms with E-state index < -0.39 is 0 Å². The SMILES string of the molecule is CCCc1nc(CN2C[C@@H](C)O[C@H](C)C2)cs1. The molecular formula is C13H22N2OS. The molecule has 0 bridgehead atoms. The molecule has 1 fully saturated rings. The Morgan fingerprint density at radius 2 is 2.12 bits per heavy atom. The van der Waals surface area contributed by atoms with Gasteiger partial charge < -0.3 is 4.74 Å². The molecule has 1 saturated heterocycles. The van der Waals surface area contributed by atoms with Crippen LogP contribution in [0.25, 0.3) is 0 Å². The summed E-state index contributed by atoms with van der Waals surface area (Å²) >= 11 is 1.80. The van der Waals surface area contributed by atoms with Crippen molar-refractivity contribution in [2.24, 2.45) is 0 Å². The van der Waals surface area contributed by atoms with Gasteiger partial charge in [0.05, 0.1) is 22.9 Å². The minimum absolute atomic E-state index is 0.340. The molecule has 0 saturated carbocycles. The molecule has 2 rings (SSSR count). The first kappa shape index (κ1) is 13.0. The molecule has 0 spiro atoms. The number of aryl methyl sites for hydroxylation is 1. The van der Waals surface area contributed by atoms with Crippen LogP contribution in [0.1, 0.15) is 37.9 Å². The van der Waals surface area contributed by atoms with Gasteiger partial charge in [-0.1, -0.05) is 6.92 Å². The van der Waals surface area contributed by atoms with Gasteiger partial charge in [-0.25, -0.2) is 4.98 Å². The summed E-state index contributed by atoms with van der Waals surface area (Å²) in [4.78, 5) is 7.13. The molecule has 1 aromatic rings. The van der Waals surface area contributed by atoms with E-state index in [0.717, 1.165) is 26.1 Å². The maximum atomic E-state index is 5.74. The van der Waals surface area contributed by atoms with Crippen LogP contribution in [0.5, 0.6) is 0 Å². The van der Waals surface area contributed by atoms with E-state index in [-0.39, 0.29) is 0 Å². The minimum atomic E-state index is 0.340. The third-order valence-corrected chi connectivity index (χ3v) is 3.90. The van der Waals surface area contributed by atoms with E-state index in [1.54, 1.807) is 11.3 Å². The molecule has 0 aliphatic carbocycles. The number of hydrogen-bond donors (Lipinski definition) is 0. The van der Waals surface area contributed by atoms with Crippen LogP contribution in [0.4, 0.5) is 0 Å². The molecule has 4 heteroatoms. The molecule has 1 aromatic heterocycles. The van der Waals surface area contributed by atoms with E-state index in [2.05, 4.69) is 36.0 Å². The maximum absolute atomic E-state index is 5.74. The van der Waals surface area contributed by atoms with E-state index in [0.29, 0.717) is 12.2 Å². The highest BCUT2D eigenvalue weighted by atomic mass is 32.1. The number of rotatable bonds is 4. The number of nitrogens with zero attached hydrogens (tertiary/aromatic N) is 2. The molecule has 1 aliphatic rings. The van der Waals surface area contributed by atoms with E-state index in [9.17, 15) is 0 Å². The van der Waals surface area contributed by atoms with E-state index in [1.165, 1.54) is 17.1 Å². The topological polar surface area (TPSA) is 25.4 Å². The Labute approximate surface area is 108 Å². The number of morpholine rings is 1. The quantitative estimate of drug-likeness (QED) is 0.826. The molecular weight excluding hydrogens is 232 g/mol. The zero-order chi connectivity index (χ0) is 12.3. The van der Waals surface area contributed by atoms with E-state index >= 15 is 0 Å². The van der Waals surface area contributed by atoms with Gasteiger partial charge in [0, 0.05) is 25.0 Å². The molecule has 1 aliphatic heterocycles. The average molecular weight is 254 g/mol. The van der Waals surface area contributed by atoms with Crippen molar-refractivity contribution in [1.82, 2.24) is 9.88 Å². The van der Waals surface area contributed by atoms with Crippen LogP contribution in [-0.4, -0.2) is 35.2 Å². The molecule has 0 radical (unpaired) electrons. The largest absolute Gasteiger partial charge is 0.373 e. The Morgan fingerprint density at radius 3 is 2.76 bits per heavy atom. The molecule has 0 unspecified atom stereocenters. The van der Waals surface area contributed by atoms with Gasteiger partial charge in [-0.2, -0.15) is 0 Å². The maximum Gasteiger partial charge on any atom is 0.0928 e. The molecule has 3 nitrogen and oxygen atoms in total. The van der Waals surface area contributed by atoms with Gasteiger partial charge in [0.2, 0.25) is 0 Å². The Hall–Kier alpha value is -0.450. The summed E-state index contributed by atoms with van der Waals surface area (Å²) in [7, 11) is 0. The standard InChI is InChI=1S/C13H22N2OS/c1-4-5-13-14-12(9-17-13)8-15-6-10(2)16-11(3)7-15/h9-11H,4-8H2,1-3H3/t10-,11-/m1/s1. The number of aromatic nitrogens is 1. The zero-order valence-corrected chi connectivity index (χ0v) is 11.8. The van der Waals surface area contributed by atoms with Crippen molar-refractivity contribution in [2.75, 3.05) is 13.1 Å². The van der Waals surface area contributed by atoms with Gasteiger partial charge in [0.25, 0.3) is 0 Å². The van der Waals surface area contributed by atoms with Crippen LogP contribution in [0.15, 0.2) is 5.38 Å². The van der Waals surface area contributed by atoms with Crippen molar-refractivity contribution in [1.29, 1.82) is 0 Å². The summed E-state index contributed by atoms with van der Waals surface area (Å²) in [5, 5.41) is 3.48. The lowest BCUT2D eigenvalue weighted by Gasteiger charge is -2.34. The fourth-order valence-electron chi connectivity index (χ4n) is 2.39. The van der Waals surface area contributed by atoms with Gasteiger partial charge in [0.15, 0.2) is 0 Å². The van der Waals surface area contributed by atoms with Crippen LogP contribution in [-0.2, 0) is 17.7 Å². The Balaban J connectivity index is 1.90. The van der Waals surface area contributed by atoms with Crippen LogP contribution in [0.3, 0.4) is 0 Å². The monoisotopic (exact) mass is 254 g/mol. The second-order valence-electron chi connectivity index (χ2n) is 4.93. The van der Waals surface area contributed by atoms with Crippen molar-refractivity contribution in [2.45, 2.75) is 52.4 Å². The molecule has 0 N–H and O–H groups in total. The van der Waals surface area contributed by atoms with Crippen molar-refractivity contribution in [3.8, 4) is 0 Å². The first-order valence-electron chi connectivity index (χ1n) is 6.48. The summed E-state index contributed by atoms with van der Waals surface area (Å²) in [5.41, 5.74) is 1.22. The van der Waals surface area contributed by atoms with Crippen LogP contribution >= 0.6 is 11.3 Å². The lowest BCUT2D eigenvalue weighted by molar-refractivity contribution is -0.0707. The second-order valence-corrected chi connectivity index (χ2v) is 5.88. The minimum Gasteiger partial charge on any atom is -0.373 e. The van der Waals surface area contributed by atoms with Crippen molar-refractivity contribution < 1.29 is 4.74 Å². The predicted molar refractivity (Wildman–Crippen MR) is 71.4 cm³/mol.